The van der Waals surface area contributed by atoms with Crippen LogP contribution in [0.25, 0.3) is 0 Å². The monoisotopic (exact) mass is 339 g/mol. The average Bonchev–Trinajstić information content (AvgIpc) is 2.44. The quantitative estimate of drug-likeness (QED) is 0.734. The van der Waals surface area contributed by atoms with Crippen LogP contribution in [0, 0.1) is 0 Å². The summed E-state index contributed by atoms with van der Waals surface area (Å²) in [5.74, 6) is -1.30. The van der Waals surface area contributed by atoms with Crippen molar-refractivity contribution in [2.45, 2.75) is 25.2 Å². The molecule has 0 aliphatic carbocycles. The molecule has 9 heteroatoms. The highest BCUT2D eigenvalue weighted by Crippen LogP contribution is 2.42. The number of likely N-dealkylation sites (tertiary alicyclic amines) is 1. The molecule has 1 aromatic carbocycles. The van der Waals surface area contributed by atoms with Crippen molar-refractivity contribution in [3.63, 3.8) is 0 Å². The lowest BCUT2D eigenvalue weighted by Crippen LogP contribution is -2.39. The lowest BCUT2D eigenvalue weighted by molar-refractivity contribution is -0.162. The first-order valence-corrected chi connectivity index (χ1v) is 6.60. The molecule has 0 radical (unpaired) electrons. The van der Waals surface area contributed by atoms with Crippen LogP contribution in [-0.2, 0) is 17.1 Å². The number of nitrogens with zero attached hydrogens (tertiary/aromatic N) is 1. The molecule has 0 saturated carbocycles. The third-order valence-electron chi connectivity index (χ3n) is 3.49. The van der Waals surface area contributed by atoms with Crippen LogP contribution in [0.2, 0.25) is 0 Å². The highest BCUT2D eigenvalue weighted by molar-refractivity contribution is 5.97. The van der Waals surface area contributed by atoms with Crippen molar-refractivity contribution < 1.29 is 35.9 Å². The predicted octanol–water partition coefficient (Wildman–Crippen LogP) is 3.53. The maximum Gasteiger partial charge on any atom is 0.417 e. The number of hydrogen-bond acceptors (Lipinski definition) is 2. The van der Waals surface area contributed by atoms with Gasteiger partial charge in [0.2, 0.25) is 0 Å². The molecule has 2 rings (SSSR count). The van der Waals surface area contributed by atoms with Gasteiger partial charge in [0.15, 0.2) is 0 Å². The summed E-state index contributed by atoms with van der Waals surface area (Å²) in [6.45, 7) is -0.212. The first-order valence-electron chi connectivity index (χ1n) is 6.60. The van der Waals surface area contributed by atoms with Crippen molar-refractivity contribution in [3.8, 4) is 0 Å². The fourth-order valence-corrected chi connectivity index (χ4v) is 2.40. The van der Waals surface area contributed by atoms with Crippen molar-refractivity contribution in [1.29, 1.82) is 0 Å². The largest absolute Gasteiger partial charge is 0.417 e. The minimum atomic E-state index is -5.33. The van der Waals surface area contributed by atoms with Gasteiger partial charge in [0.1, 0.15) is 5.78 Å². The zero-order valence-corrected chi connectivity index (χ0v) is 11.6. The third kappa shape index (κ3) is 3.65. The number of hydrogen-bond donors (Lipinski definition) is 0. The summed E-state index contributed by atoms with van der Waals surface area (Å²) in [5, 5.41) is 0. The maximum absolute atomic E-state index is 13.1. The number of Topliss-reactive ketones (excluding diaryl/α,β-unsaturated/α-hetero) is 1. The number of benzene rings is 1. The van der Waals surface area contributed by atoms with E-state index in [2.05, 4.69) is 0 Å². The molecule has 0 spiro atoms. The molecule has 1 amide bonds. The molecule has 0 atom stereocenters. The SMILES string of the molecule is O=C1CCN(C(=O)c2cccc(C(F)(F)F)c2C(F)(F)F)CC1. The molecule has 0 aromatic heterocycles. The Hall–Kier alpha value is -2.06. The molecule has 1 aliphatic heterocycles. The Morgan fingerprint density at radius 3 is 2.00 bits per heavy atom. The van der Waals surface area contributed by atoms with E-state index in [1.165, 1.54) is 0 Å². The van der Waals surface area contributed by atoms with E-state index in [0.717, 1.165) is 17.0 Å². The number of ketones is 1. The molecule has 0 unspecified atom stereocenters. The first-order chi connectivity index (χ1) is 10.5. The number of carbonyl (C=O) groups is 2. The number of piperidine rings is 1. The number of carbonyl (C=O) groups excluding carboxylic acids is 2. The molecule has 126 valence electrons. The minimum Gasteiger partial charge on any atom is -0.338 e. The molecule has 0 N–H and O–H groups in total. The normalized spacial score (nSPS) is 16.6. The van der Waals surface area contributed by atoms with Crippen LogP contribution in [0.1, 0.15) is 34.3 Å². The summed E-state index contributed by atoms with van der Waals surface area (Å²) in [6.07, 6.45) is -10.6. The fourth-order valence-electron chi connectivity index (χ4n) is 2.40. The minimum absolute atomic E-state index is 0.0218. The fraction of sp³-hybridized carbons (Fsp3) is 0.429. The number of halogens is 6. The van der Waals surface area contributed by atoms with Crippen LogP contribution in [-0.4, -0.2) is 29.7 Å². The van der Waals surface area contributed by atoms with Crippen molar-refractivity contribution in [1.82, 2.24) is 4.90 Å². The molecule has 1 aromatic rings. The van der Waals surface area contributed by atoms with Gasteiger partial charge in [-0.3, -0.25) is 9.59 Å². The topological polar surface area (TPSA) is 37.4 Å². The van der Waals surface area contributed by atoms with Crippen molar-refractivity contribution in [2.24, 2.45) is 0 Å². The lowest BCUT2D eigenvalue weighted by Gasteiger charge is -2.28. The summed E-state index contributed by atoms with van der Waals surface area (Å²) < 4.78 is 77.8. The molecule has 1 aliphatic rings. The van der Waals surface area contributed by atoms with E-state index in [0.29, 0.717) is 6.07 Å². The van der Waals surface area contributed by atoms with Crippen LogP contribution < -0.4 is 0 Å². The Morgan fingerprint density at radius 1 is 0.957 bits per heavy atom. The van der Waals surface area contributed by atoms with Gasteiger partial charge in [-0.1, -0.05) is 6.07 Å². The van der Waals surface area contributed by atoms with Crippen LogP contribution in [0.3, 0.4) is 0 Å². The van der Waals surface area contributed by atoms with Crippen molar-refractivity contribution in [2.75, 3.05) is 13.1 Å². The van der Waals surface area contributed by atoms with E-state index in [-0.39, 0.29) is 31.7 Å². The van der Waals surface area contributed by atoms with E-state index in [1.54, 1.807) is 0 Å². The van der Waals surface area contributed by atoms with E-state index in [9.17, 15) is 35.9 Å². The highest BCUT2D eigenvalue weighted by Gasteiger charge is 2.46. The summed E-state index contributed by atoms with van der Waals surface area (Å²) in [4.78, 5) is 24.3. The Morgan fingerprint density at radius 2 is 1.52 bits per heavy atom. The average molecular weight is 339 g/mol. The van der Waals surface area contributed by atoms with Gasteiger partial charge in [-0.25, -0.2) is 0 Å². The molecule has 3 nitrogen and oxygen atoms in total. The Bertz CT molecular complexity index is 625. The zero-order chi connectivity index (χ0) is 17.4. The highest BCUT2D eigenvalue weighted by atomic mass is 19.4. The van der Waals surface area contributed by atoms with Gasteiger partial charge in [0.05, 0.1) is 16.7 Å². The number of alkyl halides is 6. The predicted molar refractivity (Wildman–Crippen MR) is 66.6 cm³/mol. The summed E-state index contributed by atoms with van der Waals surface area (Å²) in [5.41, 5.74) is -4.94. The summed E-state index contributed by atoms with van der Waals surface area (Å²) in [6, 6.07) is 1.77. The van der Waals surface area contributed by atoms with Gasteiger partial charge >= 0.3 is 12.4 Å². The summed E-state index contributed by atoms with van der Waals surface area (Å²) in [7, 11) is 0. The molecule has 1 fully saturated rings. The Labute approximate surface area is 126 Å². The van der Waals surface area contributed by atoms with Gasteiger partial charge in [-0.2, -0.15) is 26.3 Å². The lowest BCUT2D eigenvalue weighted by atomic mass is 9.98. The molecule has 1 saturated heterocycles. The molecular formula is C14H11F6NO2. The molecule has 0 bridgehead atoms. The maximum atomic E-state index is 13.1. The van der Waals surface area contributed by atoms with Gasteiger partial charge in [0.25, 0.3) is 5.91 Å². The number of amides is 1. The van der Waals surface area contributed by atoms with Gasteiger partial charge < -0.3 is 4.90 Å². The van der Waals surface area contributed by atoms with Crippen LogP contribution >= 0.6 is 0 Å². The van der Waals surface area contributed by atoms with E-state index in [4.69, 9.17) is 0 Å². The zero-order valence-electron chi connectivity index (χ0n) is 11.6. The van der Waals surface area contributed by atoms with E-state index < -0.39 is 35.0 Å². The van der Waals surface area contributed by atoms with Crippen LogP contribution in [0.15, 0.2) is 18.2 Å². The van der Waals surface area contributed by atoms with Crippen LogP contribution in [0.4, 0.5) is 26.3 Å². The van der Waals surface area contributed by atoms with E-state index >= 15 is 0 Å². The van der Waals surface area contributed by atoms with E-state index in [1.807, 2.05) is 0 Å². The van der Waals surface area contributed by atoms with Gasteiger partial charge in [-0.05, 0) is 12.1 Å². The second-order valence-corrected chi connectivity index (χ2v) is 5.05. The third-order valence-corrected chi connectivity index (χ3v) is 3.49. The smallest absolute Gasteiger partial charge is 0.338 e. The van der Waals surface area contributed by atoms with Gasteiger partial charge in [-0.15, -0.1) is 0 Å². The molecule has 1 heterocycles. The second-order valence-electron chi connectivity index (χ2n) is 5.05. The Balaban J connectivity index is 2.50. The Kier molecular flexibility index (Phi) is 4.41. The van der Waals surface area contributed by atoms with Crippen LogP contribution in [0.5, 0.6) is 0 Å². The van der Waals surface area contributed by atoms with Gasteiger partial charge in [0, 0.05) is 25.9 Å². The number of rotatable bonds is 1. The molecule has 23 heavy (non-hydrogen) atoms. The molecular weight excluding hydrogens is 328 g/mol. The standard InChI is InChI=1S/C14H11F6NO2/c15-13(16,17)10-3-1-2-9(11(10)14(18,19)20)12(23)21-6-4-8(22)5-7-21/h1-3H,4-7H2. The van der Waals surface area contributed by atoms with Crippen molar-refractivity contribution >= 4 is 11.7 Å². The van der Waals surface area contributed by atoms with Crippen molar-refractivity contribution in [3.05, 3.63) is 34.9 Å². The first kappa shape index (κ1) is 17.3. The second kappa shape index (κ2) is 5.86. The summed E-state index contributed by atoms with van der Waals surface area (Å²) >= 11 is 0.